The van der Waals surface area contributed by atoms with Crippen LogP contribution in [0.4, 0.5) is 5.69 Å². The fourth-order valence-electron chi connectivity index (χ4n) is 1.23. The van der Waals surface area contributed by atoms with Gasteiger partial charge in [-0.15, -0.1) is 0 Å². The number of hydrogen-bond acceptors (Lipinski definition) is 5. The van der Waals surface area contributed by atoms with Gasteiger partial charge < -0.3 is 11.1 Å². The number of aromatic nitrogens is 3. The van der Waals surface area contributed by atoms with Gasteiger partial charge in [-0.1, -0.05) is 12.2 Å². The zero-order chi connectivity index (χ0) is 13.0. The SMILES string of the molecule is NC(=S)c1ccc(C(=O)Nc2cncnc2)nc1. The summed E-state index contributed by atoms with van der Waals surface area (Å²) in [6.07, 6.45) is 5.83. The molecule has 2 aromatic rings. The first-order valence-electron chi connectivity index (χ1n) is 4.99. The minimum absolute atomic E-state index is 0.242. The molecule has 2 rings (SSSR count). The predicted octanol–water partition coefficient (Wildman–Crippen LogP) is 0.758. The lowest BCUT2D eigenvalue weighted by Gasteiger charge is -2.04. The van der Waals surface area contributed by atoms with Crippen molar-refractivity contribution >= 4 is 28.8 Å². The Bertz CT molecular complexity index is 570. The zero-order valence-corrected chi connectivity index (χ0v) is 10.0. The van der Waals surface area contributed by atoms with Crippen LogP contribution in [0.2, 0.25) is 0 Å². The molecular weight excluding hydrogens is 250 g/mol. The third kappa shape index (κ3) is 2.83. The number of nitrogens with zero attached hydrogens (tertiary/aromatic N) is 3. The maximum Gasteiger partial charge on any atom is 0.274 e. The number of nitrogens with one attached hydrogen (secondary N) is 1. The van der Waals surface area contributed by atoms with Crippen molar-refractivity contribution in [2.24, 2.45) is 5.73 Å². The van der Waals surface area contributed by atoms with Gasteiger partial charge in [0.1, 0.15) is 17.0 Å². The van der Waals surface area contributed by atoms with Crippen LogP contribution in [0, 0.1) is 0 Å². The lowest BCUT2D eigenvalue weighted by molar-refractivity contribution is 0.102. The van der Waals surface area contributed by atoms with E-state index in [0.717, 1.165) is 0 Å². The van der Waals surface area contributed by atoms with Gasteiger partial charge in [0.05, 0.1) is 18.1 Å². The summed E-state index contributed by atoms with van der Waals surface area (Å²) < 4.78 is 0. The summed E-state index contributed by atoms with van der Waals surface area (Å²) in [5.74, 6) is -0.348. The Kier molecular flexibility index (Phi) is 3.54. The van der Waals surface area contributed by atoms with E-state index in [0.29, 0.717) is 11.3 Å². The standard InChI is InChI=1S/C11H9N5OS/c12-10(18)7-1-2-9(15-3-7)11(17)16-8-4-13-6-14-5-8/h1-6H,(H2,12,18)(H,16,17). The summed E-state index contributed by atoms with van der Waals surface area (Å²) in [5.41, 5.74) is 6.82. The molecule has 0 fully saturated rings. The Balaban J connectivity index is 2.12. The number of thiocarbonyl (C=S) groups is 1. The van der Waals surface area contributed by atoms with E-state index in [2.05, 4.69) is 20.3 Å². The molecule has 7 heteroatoms. The topological polar surface area (TPSA) is 93.8 Å². The summed E-state index contributed by atoms with van der Waals surface area (Å²) in [6.45, 7) is 0. The molecule has 2 aromatic heterocycles. The second-order valence-electron chi connectivity index (χ2n) is 3.38. The molecular formula is C11H9N5OS. The maximum atomic E-state index is 11.8. The molecule has 0 aliphatic rings. The van der Waals surface area contributed by atoms with E-state index in [1.165, 1.54) is 24.9 Å². The number of hydrogen-bond donors (Lipinski definition) is 2. The second kappa shape index (κ2) is 5.28. The molecule has 0 unspecified atom stereocenters. The number of carbonyl (C=O) groups is 1. The first-order valence-corrected chi connectivity index (χ1v) is 5.40. The molecule has 0 aliphatic heterocycles. The number of pyridine rings is 1. The molecule has 0 bridgehead atoms. The van der Waals surface area contributed by atoms with Crippen LogP contribution in [-0.4, -0.2) is 25.8 Å². The lowest BCUT2D eigenvalue weighted by Crippen LogP contribution is -2.15. The summed E-state index contributed by atoms with van der Waals surface area (Å²) in [4.78, 5) is 23.6. The number of anilines is 1. The van der Waals surface area contributed by atoms with Crippen LogP contribution in [0.1, 0.15) is 16.1 Å². The van der Waals surface area contributed by atoms with Crippen LogP contribution >= 0.6 is 12.2 Å². The van der Waals surface area contributed by atoms with E-state index in [9.17, 15) is 4.79 Å². The molecule has 0 saturated heterocycles. The highest BCUT2D eigenvalue weighted by Crippen LogP contribution is 2.05. The van der Waals surface area contributed by atoms with E-state index in [1.54, 1.807) is 12.1 Å². The Morgan fingerprint density at radius 1 is 1.22 bits per heavy atom. The van der Waals surface area contributed by atoms with Crippen molar-refractivity contribution in [2.75, 3.05) is 5.32 Å². The van der Waals surface area contributed by atoms with Gasteiger partial charge in [0.25, 0.3) is 5.91 Å². The molecule has 90 valence electrons. The highest BCUT2D eigenvalue weighted by atomic mass is 32.1. The number of carbonyl (C=O) groups excluding carboxylic acids is 1. The first-order chi connectivity index (χ1) is 8.66. The largest absolute Gasteiger partial charge is 0.389 e. The molecule has 0 spiro atoms. The third-order valence-electron chi connectivity index (χ3n) is 2.10. The van der Waals surface area contributed by atoms with Crippen molar-refractivity contribution in [3.05, 3.63) is 48.3 Å². The summed E-state index contributed by atoms with van der Waals surface area (Å²) in [6, 6.07) is 3.19. The Labute approximate surface area is 108 Å². The normalized spacial score (nSPS) is 9.78. The average molecular weight is 259 g/mol. The van der Waals surface area contributed by atoms with E-state index >= 15 is 0 Å². The molecule has 0 aliphatic carbocycles. The van der Waals surface area contributed by atoms with Crippen molar-refractivity contribution in [1.29, 1.82) is 0 Å². The molecule has 0 saturated carbocycles. The smallest absolute Gasteiger partial charge is 0.274 e. The van der Waals surface area contributed by atoms with Crippen molar-refractivity contribution in [2.45, 2.75) is 0 Å². The van der Waals surface area contributed by atoms with Crippen molar-refractivity contribution in [3.8, 4) is 0 Å². The lowest BCUT2D eigenvalue weighted by atomic mass is 10.2. The first kappa shape index (κ1) is 12.1. The third-order valence-corrected chi connectivity index (χ3v) is 2.33. The Morgan fingerprint density at radius 2 is 1.94 bits per heavy atom. The fraction of sp³-hybridized carbons (Fsp3) is 0. The predicted molar refractivity (Wildman–Crippen MR) is 70.1 cm³/mol. The van der Waals surface area contributed by atoms with Crippen LogP contribution in [-0.2, 0) is 0 Å². The monoisotopic (exact) mass is 259 g/mol. The molecule has 18 heavy (non-hydrogen) atoms. The zero-order valence-electron chi connectivity index (χ0n) is 9.20. The van der Waals surface area contributed by atoms with Crippen LogP contribution in [0.3, 0.4) is 0 Å². The van der Waals surface area contributed by atoms with Crippen LogP contribution in [0.15, 0.2) is 37.1 Å². The van der Waals surface area contributed by atoms with Crippen LogP contribution in [0.5, 0.6) is 0 Å². The molecule has 2 heterocycles. The number of amides is 1. The highest BCUT2D eigenvalue weighted by Gasteiger charge is 2.08. The van der Waals surface area contributed by atoms with E-state index in [-0.39, 0.29) is 16.6 Å². The van der Waals surface area contributed by atoms with Gasteiger partial charge >= 0.3 is 0 Å². The minimum Gasteiger partial charge on any atom is -0.389 e. The van der Waals surface area contributed by atoms with Crippen LogP contribution < -0.4 is 11.1 Å². The van der Waals surface area contributed by atoms with Gasteiger partial charge in [0, 0.05) is 11.8 Å². The Morgan fingerprint density at radius 3 is 2.50 bits per heavy atom. The molecule has 0 aromatic carbocycles. The van der Waals surface area contributed by atoms with Gasteiger partial charge in [-0.05, 0) is 12.1 Å². The maximum absolute atomic E-state index is 11.8. The fourth-order valence-corrected chi connectivity index (χ4v) is 1.35. The van der Waals surface area contributed by atoms with Crippen molar-refractivity contribution < 1.29 is 4.79 Å². The van der Waals surface area contributed by atoms with E-state index < -0.39 is 0 Å². The molecule has 1 amide bonds. The number of rotatable bonds is 3. The minimum atomic E-state index is -0.348. The van der Waals surface area contributed by atoms with E-state index in [4.69, 9.17) is 18.0 Å². The van der Waals surface area contributed by atoms with Crippen LogP contribution in [0.25, 0.3) is 0 Å². The van der Waals surface area contributed by atoms with Gasteiger partial charge in [-0.2, -0.15) is 0 Å². The van der Waals surface area contributed by atoms with Crippen molar-refractivity contribution in [3.63, 3.8) is 0 Å². The number of nitrogens with two attached hydrogens (primary N) is 1. The average Bonchev–Trinajstić information content (AvgIpc) is 2.40. The van der Waals surface area contributed by atoms with E-state index in [1.807, 2.05) is 0 Å². The molecule has 0 atom stereocenters. The van der Waals surface area contributed by atoms with Crippen molar-refractivity contribution in [1.82, 2.24) is 15.0 Å². The Hall–Kier alpha value is -2.41. The highest BCUT2D eigenvalue weighted by molar-refractivity contribution is 7.80. The second-order valence-corrected chi connectivity index (χ2v) is 3.82. The molecule has 0 radical (unpaired) electrons. The van der Waals surface area contributed by atoms with Gasteiger partial charge in [0.2, 0.25) is 0 Å². The summed E-state index contributed by atoms with van der Waals surface area (Å²) in [5, 5.41) is 2.62. The quantitative estimate of drug-likeness (QED) is 0.790. The molecule has 3 N–H and O–H groups in total. The van der Waals surface area contributed by atoms with Gasteiger partial charge in [0.15, 0.2) is 0 Å². The molecule has 6 nitrogen and oxygen atoms in total. The van der Waals surface area contributed by atoms with Gasteiger partial charge in [-0.25, -0.2) is 9.97 Å². The summed E-state index contributed by atoms with van der Waals surface area (Å²) in [7, 11) is 0. The van der Waals surface area contributed by atoms with Gasteiger partial charge in [-0.3, -0.25) is 9.78 Å². The summed E-state index contributed by atoms with van der Waals surface area (Å²) >= 11 is 4.80.